The monoisotopic (exact) mass is 1260 g/mol. The molecule has 12 N–H and O–H groups in total. The second-order valence-electron chi connectivity index (χ2n) is 23.6. The van der Waals surface area contributed by atoms with E-state index in [9.17, 15) is 61.0 Å². The lowest BCUT2D eigenvalue weighted by atomic mass is 9.96. The lowest BCUT2D eigenvalue weighted by Crippen LogP contribution is -2.66. The number of hydrogen-bond acceptors (Lipinski definition) is 18. The third kappa shape index (κ3) is 33.2. The third-order valence-electron chi connectivity index (χ3n) is 16.1. The normalized spacial score (nSPS) is 28.9. The van der Waals surface area contributed by atoms with Gasteiger partial charge in [0.25, 0.3) is 0 Å². The van der Waals surface area contributed by atoms with Gasteiger partial charge in [0.2, 0.25) is 5.91 Å². The number of carbonyl (C=O) groups is 1. The Morgan fingerprint density at radius 3 is 1.21 bits per heavy atom. The van der Waals surface area contributed by atoms with E-state index in [1.165, 1.54) is 25.7 Å². The number of amides is 1. The van der Waals surface area contributed by atoms with Gasteiger partial charge >= 0.3 is 0 Å². The average Bonchev–Trinajstić information content (AvgIpc) is 1.40. The summed E-state index contributed by atoms with van der Waals surface area (Å²) < 4.78 is 34.3. The largest absolute Gasteiger partial charge is 0.394 e. The molecule has 0 aliphatic carbocycles. The number of nitrogens with one attached hydrogen (secondary N) is 1. The van der Waals surface area contributed by atoms with Crippen molar-refractivity contribution in [3.05, 3.63) is 109 Å². The van der Waals surface area contributed by atoms with Crippen LogP contribution < -0.4 is 5.32 Å². The van der Waals surface area contributed by atoms with Crippen molar-refractivity contribution in [3.8, 4) is 0 Å². The Hall–Kier alpha value is -3.55. The fraction of sp³-hybridized carbons (Fsp3) is 0.729. The predicted molar refractivity (Wildman–Crippen MR) is 346 cm³/mol. The zero-order valence-electron chi connectivity index (χ0n) is 53.6. The first-order chi connectivity index (χ1) is 43.3. The smallest absolute Gasteiger partial charge is 0.220 e. The standard InChI is InChI=1S/C70H117NO18/c1-3-5-7-9-11-13-14-15-16-17-18-19-20-21-22-23-24-25-26-27-28-29-30-31-32-33-34-35-36-37-38-40-42-44-46-48-58(76)71-53(54(75)47-45-43-41-39-12-10-8-6-4-2)52-84-68-64(82)61(79)66(56(50-73)86-68)89-70-65(83)62(80)67(57(51-74)87-70)88-69-63(81)60(78)59(77)55(49-72)85-69/h5,7,11,13,15-16,18-19,21-22,24-25,27-28,30-31,33-34,53-57,59-70,72-75,77-83H,3-4,6,8-10,12,14,17,20,23,26,29,32,35-52H2,1-2H3,(H,71,76)/b7-5-,13-11-,16-15-,19-18-,22-21-,25-24-,28-27-,31-30-,34-33-. The number of ether oxygens (including phenoxy) is 6. The van der Waals surface area contributed by atoms with E-state index in [-0.39, 0.29) is 18.9 Å². The topological polar surface area (TPSA) is 307 Å². The number of carbonyl (C=O) groups excluding carboxylic acids is 1. The summed E-state index contributed by atoms with van der Waals surface area (Å²) in [4.78, 5) is 13.3. The van der Waals surface area contributed by atoms with Crippen LogP contribution in [0.15, 0.2) is 109 Å². The van der Waals surface area contributed by atoms with Gasteiger partial charge in [-0.25, -0.2) is 0 Å². The molecule has 1 amide bonds. The molecule has 0 aromatic heterocycles. The summed E-state index contributed by atoms with van der Waals surface area (Å²) in [5.74, 6) is -0.262. The molecular formula is C70H117NO18. The van der Waals surface area contributed by atoms with Gasteiger partial charge in [-0.05, 0) is 83.5 Å². The van der Waals surface area contributed by atoms with E-state index in [4.69, 9.17) is 28.4 Å². The van der Waals surface area contributed by atoms with E-state index in [1.807, 2.05) is 0 Å². The number of hydrogen-bond donors (Lipinski definition) is 12. The second kappa shape index (κ2) is 50.9. The summed E-state index contributed by atoms with van der Waals surface area (Å²) in [5, 5.41) is 120. The number of aliphatic hydroxyl groups excluding tert-OH is 11. The molecule has 3 fully saturated rings. The van der Waals surface area contributed by atoms with Crippen LogP contribution >= 0.6 is 0 Å². The van der Waals surface area contributed by atoms with Crippen LogP contribution in [0.25, 0.3) is 0 Å². The summed E-state index contributed by atoms with van der Waals surface area (Å²) in [6.45, 7) is 1.61. The van der Waals surface area contributed by atoms with Crippen LogP contribution in [0.2, 0.25) is 0 Å². The summed E-state index contributed by atoms with van der Waals surface area (Å²) in [5.41, 5.74) is 0. The molecule has 3 aliphatic rings. The molecule has 3 heterocycles. The van der Waals surface area contributed by atoms with E-state index in [0.29, 0.717) is 12.8 Å². The van der Waals surface area contributed by atoms with Gasteiger partial charge in [-0.3, -0.25) is 4.79 Å². The number of rotatable bonds is 49. The van der Waals surface area contributed by atoms with Gasteiger partial charge in [0.15, 0.2) is 18.9 Å². The van der Waals surface area contributed by atoms with Crippen molar-refractivity contribution in [1.82, 2.24) is 5.32 Å². The zero-order chi connectivity index (χ0) is 64.7. The highest BCUT2D eigenvalue weighted by molar-refractivity contribution is 5.76. The first-order valence-corrected chi connectivity index (χ1v) is 33.6. The predicted octanol–water partition coefficient (Wildman–Crippen LogP) is 8.27. The van der Waals surface area contributed by atoms with E-state index in [2.05, 4.69) is 129 Å². The molecule has 0 aromatic rings. The summed E-state index contributed by atoms with van der Waals surface area (Å²) in [7, 11) is 0. The van der Waals surface area contributed by atoms with E-state index >= 15 is 0 Å². The Morgan fingerprint density at radius 1 is 0.416 bits per heavy atom. The van der Waals surface area contributed by atoms with Gasteiger partial charge in [0.05, 0.1) is 38.6 Å². The van der Waals surface area contributed by atoms with Crippen LogP contribution in [0.1, 0.15) is 194 Å². The van der Waals surface area contributed by atoms with E-state index < -0.39 is 124 Å². The molecule has 3 aliphatic heterocycles. The molecular weight excluding hydrogens is 1140 g/mol. The van der Waals surface area contributed by atoms with Crippen LogP contribution in [0.4, 0.5) is 0 Å². The van der Waals surface area contributed by atoms with Crippen molar-refractivity contribution >= 4 is 5.91 Å². The van der Waals surface area contributed by atoms with Crippen LogP contribution in [0.3, 0.4) is 0 Å². The second-order valence-corrected chi connectivity index (χ2v) is 23.6. The van der Waals surface area contributed by atoms with Crippen LogP contribution in [-0.2, 0) is 33.2 Å². The number of unbranched alkanes of at least 4 members (excludes halogenated alkanes) is 15. The Labute approximate surface area is 532 Å². The van der Waals surface area contributed by atoms with Crippen molar-refractivity contribution in [2.24, 2.45) is 0 Å². The molecule has 17 atom stereocenters. The SMILES string of the molecule is CC/C=C\C/C=C\C/C=C\C/C=C\C/C=C\C/C=C\C/C=C\C/C=C\C/C=C\CCCCCCCCCC(=O)NC(COC1OC(CO)C(OC2OC(CO)C(OC3OC(CO)C(O)C(O)C3O)C(O)C2O)C(O)C1O)C(O)CCCCCCCCCCC. The van der Waals surface area contributed by atoms with Crippen LogP contribution in [0, 0.1) is 0 Å². The van der Waals surface area contributed by atoms with Crippen molar-refractivity contribution < 1.29 is 89.4 Å². The van der Waals surface area contributed by atoms with Crippen LogP contribution in [0.5, 0.6) is 0 Å². The quantitative estimate of drug-likeness (QED) is 0.0201. The van der Waals surface area contributed by atoms with Crippen molar-refractivity contribution in [1.29, 1.82) is 0 Å². The maximum atomic E-state index is 13.3. The van der Waals surface area contributed by atoms with Gasteiger partial charge in [-0.2, -0.15) is 0 Å². The Morgan fingerprint density at radius 2 is 0.775 bits per heavy atom. The molecule has 0 saturated carbocycles. The minimum absolute atomic E-state index is 0.246. The minimum atomic E-state index is -1.98. The van der Waals surface area contributed by atoms with Crippen molar-refractivity contribution in [3.63, 3.8) is 0 Å². The molecule has 89 heavy (non-hydrogen) atoms. The summed E-state index contributed by atoms with van der Waals surface area (Å²) >= 11 is 0. The lowest BCUT2D eigenvalue weighted by molar-refractivity contribution is -0.379. The molecule has 3 saturated heterocycles. The minimum Gasteiger partial charge on any atom is -0.394 e. The highest BCUT2D eigenvalue weighted by Gasteiger charge is 2.53. The Bertz CT molecular complexity index is 2040. The maximum Gasteiger partial charge on any atom is 0.220 e. The van der Waals surface area contributed by atoms with Gasteiger partial charge in [0, 0.05) is 6.42 Å². The first-order valence-electron chi connectivity index (χ1n) is 33.6. The molecule has 19 nitrogen and oxygen atoms in total. The zero-order valence-corrected chi connectivity index (χ0v) is 53.6. The van der Waals surface area contributed by atoms with E-state index in [0.717, 1.165) is 135 Å². The fourth-order valence-corrected chi connectivity index (χ4v) is 10.7. The molecule has 510 valence electrons. The van der Waals surface area contributed by atoms with Gasteiger partial charge in [-0.1, -0.05) is 213 Å². The Balaban J connectivity index is 1.35. The summed E-state index contributed by atoms with van der Waals surface area (Å²) in [6.07, 6.45) is 40.6. The van der Waals surface area contributed by atoms with E-state index in [1.54, 1.807) is 0 Å². The van der Waals surface area contributed by atoms with Crippen molar-refractivity contribution in [2.45, 2.75) is 298 Å². The van der Waals surface area contributed by atoms with Gasteiger partial charge < -0.3 is 89.9 Å². The highest BCUT2D eigenvalue weighted by Crippen LogP contribution is 2.33. The summed E-state index contributed by atoms with van der Waals surface area (Å²) in [6, 6.07) is -0.899. The molecule has 0 aromatic carbocycles. The van der Waals surface area contributed by atoms with Gasteiger partial charge in [-0.15, -0.1) is 0 Å². The first kappa shape index (κ1) is 79.7. The highest BCUT2D eigenvalue weighted by atomic mass is 16.8. The van der Waals surface area contributed by atoms with Crippen molar-refractivity contribution in [2.75, 3.05) is 26.4 Å². The fourth-order valence-electron chi connectivity index (χ4n) is 10.7. The van der Waals surface area contributed by atoms with Gasteiger partial charge in [0.1, 0.15) is 73.2 Å². The molecule has 17 unspecified atom stereocenters. The average molecular weight is 1260 g/mol. The third-order valence-corrected chi connectivity index (χ3v) is 16.1. The van der Waals surface area contributed by atoms with Crippen LogP contribution in [-0.4, -0.2) is 193 Å². The maximum absolute atomic E-state index is 13.3. The lowest BCUT2D eigenvalue weighted by Gasteiger charge is -2.48. The number of aliphatic hydroxyl groups is 11. The number of allylic oxidation sites excluding steroid dienone is 18. The molecule has 3 rings (SSSR count). The molecule has 19 heteroatoms. The Kier molecular flexibility index (Phi) is 45.6. The molecule has 0 bridgehead atoms. The molecule has 0 spiro atoms. The molecule has 0 radical (unpaired) electrons.